The average Bonchev–Trinajstić information content (AvgIpc) is 2.74. The van der Waals surface area contributed by atoms with Gasteiger partial charge in [0.25, 0.3) is 0 Å². The second-order valence-electron chi connectivity index (χ2n) is 5.49. The molecule has 1 N–H and O–H groups in total. The maximum absolute atomic E-state index is 6.29. The minimum Gasteiger partial charge on any atom is -0.497 e. The number of hydrogen-bond donors (Lipinski definition) is 1. The summed E-state index contributed by atoms with van der Waals surface area (Å²) >= 11 is 0. The molecule has 0 amide bonds. The molecule has 2 rings (SSSR count). The monoisotopic (exact) mass is 277 g/mol. The summed E-state index contributed by atoms with van der Waals surface area (Å²) in [5, 5.41) is 3.37. The summed E-state index contributed by atoms with van der Waals surface area (Å²) in [5.41, 5.74) is 1.22. The Hall–Kier alpha value is -1.22. The van der Waals surface area contributed by atoms with E-state index in [1.54, 1.807) is 7.11 Å². The van der Waals surface area contributed by atoms with Crippen LogP contribution in [0.5, 0.6) is 11.5 Å². The van der Waals surface area contributed by atoms with E-state index in [1.807, 2.05) is 12.1 Å². The Morgan fingerprint density at radius 2 is 1.90 bits per heavy atom. The van der Waals surface area contributed by atoms with Crippen LogP contribution >= 0.6 is 0 Å². The first-order chi connectivity index (χ1) is 9.83. The van der Waals surface area contributed by atoms with Gasteiger partial charge in [-0.2, -0.15) is 0 Å². The number of ether oxygens (including phenoxy) is 2. The molecule has 0 aromatic heterocycles. The standard InChI is InChI=1S/C17H27NO2/c1-3-18-13-14-10-11-16(19-2)12-17(14)20-15-8-6-4-5-7-9-15/h10-12,15,18H,3-9,13H2,1-2H3. The molecule has 0 spiro atoms. The summed E-state index contributed by atoms with van der Waals surface area (Å²) in [6, 6.07) is 6.14. The van der Waals surface area contributed by atoms with E-state index in [0.29, 0.717) is 6.10 Å². The van der Waals surface area contributed by atoms with Crippen LogP contribution in [0.1, 0.15) is 51.0 Å². The van der Waals surface area contributed by atoms with E-state index in [4.69, 9.17) is 9.47 Å². The van der Waals surface area contributed by atoms with Crippen LogP contribution in [0.3, 0.4) is 0 Å². The largest absolute Gasteiger partial charge is 0.497 e. The fourth-order valence-electron chi connectivity index (χ4n) is 2.72. The Labute approximate surface area is 122 Å². The van der Waals surface area contributed by atoms with Crippen molar-refractivity contribution in [1.82, 2.24) is 5.32 Å². The van der Waals surface area contributed by atoms with Gasteiger partial charge >= 0.3 is 0 Å². The normalized spacial score (nSPS) is 16.7. The third-order valence-electron chi connectivity index (χ3n) is 3.94. The van der Waals surface area contributed by atoms with Crippen molar-refractivity contribution in [2.24, 2.45) is 0 Å². The molecule has 0 atom stereocenters. The van der Waals surface area contributed by atoms with Gasteiger partial charge in [0.15, 0.2) is 0 Å². The smallest absolute Gasteiger partial charge is 0.127 e. The molecule has 1 aromatic carbocycles. The molecule has 1 fully saturated rings. The predicted octanol–water partition coefficient (Wildman–Crippen LogP) is 3.91. The van der Waals surface area contributed by atoms with Crippen molar-refractivity contribution in [2.75, 3.05) is 13.7 Å². The Morgan fingerprint density at radius 3 is 2.55 bits per heavy atom. The molecule has 3 heteroatoms. The van der Waals surface area contributed by atoms with Crippen molar-refractivity contribution < 1.29 is 9.47 Å². The highest BCUT2D eigenvalue weighted by Crippen LogP contribution is 2.29. The second kappa shape index (κ2) is 8.15. The van der Waals surface area contributed by atoms with E-state index >= 15 is 0 Å². The van der Waals surface area contributed by atoms with Gasteiger partial charge in [0.1, 0.15) is 11.5 Å². The Kier molecular flexibility index (Phi) is 6.19. The zero-order chi connectivity index (χ0) is 14.2. The zero-order valence-electron chi connectivity index (χ0n) is 12.8. The molecule has 1 aromatic rings. The van der Waals surface area contributed by atoms with Crippen LogP contribution in [-0.2, 0) is 6.54 Å². The third-order valence-corrected chi connectivity index (χ3v) is 3.94. The lowest BCUT2D eigenvalue weighted by Gasteiger charge is -2.20. The van der Waals surface area contributed by atoms with E-state index in [1.165, 1.54) is 44.1 Å². The number of methoxy groups -OCH3 is 1. The summed E-state index contributed by atoms with van der Waals surface area (Å²) in [4.78, 5) is 0. The molecule has 0 saturated heterocycles. The van der Waals surface area contributed by atoms with E-state index in [0.717, 1.165) is 24.6 Å². The molecule has 0 aliphatic heterocycles. The fourth-order valence-corrected chi connectivity index (χ4v) is 2.72. The van der Waals surface area contributed by atoms with Gasteiger partial charge in [-0.05, 0) is 38.3 Å². The first kappa shape index (κ1) is 15.2. The first-order valence-corrected chi connectivity index (χ1v) is 7.87. The lowest BCUT2D eigenvalue weighted by molar-refractivity contribution is 0.181. The van der Waals surface area contributed by atoms with Crippen LogP contribution in [-0.4, -0.2) is 19.8 Å². The quantitative estimate of drug-likeness (QED) is 0.800. The molecule has 0 unspecified atom stereocenters. The minimum atomic E-state index is 0.366. The van der Waals surface area contributed by atoms with Crippen LogP contribution in [0, 0.1) is 0 Å². The fraction of sp³-hybridized carbons (Fsp3) is 0.647. The lowest BCUT2D eigenvalue weighted by Crippen LogP contribution is -2.18. The van der Waals surface area contributed by atoms with Crippen molar-refractivity contribution in [3.05, 3.63) is 23.8 Å². The van der Waals surface area contributed by atoms with Crippen molar-refractivity contribution in [3.63, 3.8) is 0 Å². The van der Waals surface area contributed by atoms with Crippen LogP contribution in [0.15, 0.2) is 18.2 Å². The van der Waals surface area contributed by atoms with Crippen LogP contribution in [0.2, 0.25) is 0 Å². The number of benzene rings is 1. The van der Waals surface area contributed by atoms with E-state index in [-0.39, 0.29) is 0 Å². The first-order valence-electron chi connectivity index (χ1n) is 7.87. The Morgan fingerprint density at radius 1 is 1.15 bits per heavy atom. The van der Waals surface area contributed by atoms with Gasteiger partial charge in [-0.25, -0.2) is 0 Å². The summed E-state index contributed by atoms with van der Waals surface area (Å²) in [6.07, 6.45) is 8.00. The number of hydrogen-bond acceptors (Lipinski definition) is 3. The molecule has 1 aliphatic rings. The Bertz CT molecular complexity index is 398. The van der Waals surface area contributed by atoms with Crippen LogP contribution in [0.4, 0.5) is 0 Å². The van der Waals surface area contributed by atoms with Crippen molar-refractivity contribution in [3.8, 4) is 11.5 Å². The van der Waals surface area contributed by atoms with Gasteiger partial charge in [0.05, 0.1) is 13.2 Å². The molecule has 1 aliphatic carbocycles. The molecule has 0 radical (unpaired) electrons. The molecule has 20 heavy (non-hydrogen) atoms. The maximum atomic E-state index is 6.29. The van der Waals surface area contributed by atoms with Gasteiger partial charge in [-0.3, -0.25) is 0 Å². The molecular formula is C17H27NO2. The summed E-state index contributed by atoms with van der Waals surface area (Å²) in [5.74, 6) is 1.85. The van der Waals surface area contributed by atoms with Gasteiger partial charge < -0.3 is 14.8 Å². The summed E-state index contributed by atoms with van der Waals surface area (Å²) < 4.78 is 11.6. The molecular weight excluding hydrogens is 250 g/mol. The van der Waals surface area contributed by atoms with Crippen LogP contribution < -0.4 is 14.8 Å². The Balaban J connectivity index is 2.09. The van der Waals surface area contributed by atoms with Crippen molar-refractivity contribution in [2.45, 2.75) is 58.1 Å². The predicted molar refractivity (Wildman–Crippen MR) is 82.5 cm³/mol. The number of rotatable bonds is 6. The maximum Gasteiger partial charge on any atom is 0.127 e. The van der Waals surface area contributed by atoms with Gasteiger partial charge in [0.2, 0.25) is 0 Å². The van der Waals surface area contributed by atoms with Crippen molar-refractivity contribution in [1.29, 1.82) is 0 Å². The highest BCUT2D eigenvalue weighted by Gasteiger charge is 2.16. The molecule has 3 nitrogen and oxygen atoms in total. The van der Waals surface area contributed by atoms with E-state index in [2.05, 4.69) is 18.3 Å². The topological polar surface area (TPSA) is 30.5 Å². The van der Waals surface area contributed by atoms with Gasteiger partial charge in [0, 0.05) is 18.2 Å². The SMILES string of the molecule is CCNCc1ccc(OC)cc1OC1CCCCCC1. The van der Waals surface area contributed by atoms with E-state index < -0.39 is 0 Å². The summed E-state index contributed by atoms with van der Waals surface area (Å²) in [6.45, 7) is 3.94. The zero-order valence-corrected chi connectivity index (χ0v) is 12.8. The third kappa shape index (κ3) is 4.41. The minimum absolute atomic E-state index is 0.366. The highest BCUT2D eigenvalue weighted by atomic mass is 16.5. The molecule has 112 valence electrons. The average molecular weight is 277 g/mol. The highest BCUT2D eigenvalue weighted by molar-refractivity contribution is 5.40. The molecule has 0 heterocycles. The number of nitrogens with one attached hydrogen (secondary N) is 1. The van der Waals surface area contributed by atoms with E-state index in [9.17, 15) is 0 Å². The molecule has 1 saturated carbocycles. The lowest BCUT2D eigenvalue weighted by atomic mass is 10.1. The van der Waals surface area contributed by atoms with Gasteiger partial charge in [-0.1, -0.05) is 25.8 Å². The summed E-state index contributed by atoms with van der Waals surface area (Å²) in [7, 11) is 1.70. The second-order valence-corrected chi connectivity index (χ2v) is 5.49. The molecule has 0 bridgehead atoms. The van der Waals surface area contributed by atoms with Gasteiger partial charge in [-0.15, -0.1) is 0 Å². The van der Waals surface area contributed by atoms with Crippen molar-refractivity contribution >= 4 is 0 Å². The van der Waals surface area contributed by atoms with Crippen LogP contribution in [0.25, 0.3) is 0 Å².